The number of ketones is 2. The molecule has 2 rings (SSSR count). The zero-order chi connectivity index (χ0) is 27.9. The summed E-state index contributed by atoms with van der Waals surface area (Å²) in [6.07, 6.45) is 3.46. The van der Waals surface area contributed by atoms with Crippen molar-refractivity contribution in [3.05, 3.63) is 59.7 Å². The van der Waals surface area contributed by atoms with Crippen LogP contribution in [-0.4, -0.2) is 74.9 Å². The van der Waals surface area contributed by atoms with Crippen molar-refractivity contribution < 1.29 is 19.1 Å². The number of methoxy groups -OCH3 is 2. The highest BCUT2D eigenvalue weighted by Gasteiger charge is 2.24. The molecule has 6 nitrogen and oxygen atoms in total. The molecule has 0 saturated heterocycles. The van der Waals surface area contributed by atoms with Crippen LogP contribution >= 0.6 is 0 Å². The maximum atomic E-state index is 13.5. The molecule has 2 aromatic rings. The van der Waals surface area contributed by atoms with Crippen LogP contribution in [0.3, 0.4) is 0 Å². The Labute approximate surface area is 230 Å². The van der Waals surface area contributed by atoms with E-state index in [0.717, 1.165) is 87.6 Å². The minimum absolute atomic E-state index is 0.0678. The van der Waals surface area contributed by atoms with Crippen molar-refractivity contribution in [2.75, 3.05) is 53.5 Å². The third-order valence-electron chi connectivity index (χ3n) is 7.59. The summed E-state index contributed by atoms with van der Waals surface area (Å²) in [5.74, 6) is 1.75. The van der Waals surface area contributed by atoms with Crippen molar-refractivity contribution in [2.45, 2.75) is 53.4 Å². The Morgan fingerprint density at radius 1 is 0.605 bits per heavy atom. The predicted molar refractivity (Wildman–Crippen MR) is 156 cm³/mol. The van der Waals surface area contributed by atoms with Gasteiger partial charge in [0.25, 0.3) is 0 Å². The summed E-state index contributed by atoms with van der Waals surface area (Å²) in [5.41, 5.74) is 1.47. The number of carbonyl (C=O) groups excluding carboxylic acids is 2. The third-order valence-corrected chi connectivity index (χ3v) is 7.59. The van der Waals surface area contributed by atoms with Crippen molar-refractivity contribution >= 4 is 11.6 Å². The van der Waals surface area contributed by atoms with E-state index in [2.05, 4.69) is 37.5 Å². The van der Waals surface area contributed by atoms with Gasteiger partial charge in [0.15, 0.2) is 11.6 Å². The second-order valence-corrected chi connectivity index (χ2v) is 9.84. The van der Waals surface area contributed by atoms with E-state index in [1.165, 1.54) is 0 Å². The van der Waals surface area contributed by atoms with Gasteiger partial charge in [-0.25, -0.2) is 0 Å². The van der Waals surface area contributed by atoms with Gasteiger partial charge in [0.2, 0.25) is 0 Å². The minimum Gasteiger partial charge on any atom is -0.497 e. The summed E-state index contributed by atoms with van der Waals surface area (Å²) in [4.78, 5) is 31.6. The highest BCUT2D eigenvalue weighted by Crippen LogP contribution is 2.23. The summed E-state index contributed by atoms with van der Waals surface area (Å²) in [7, 11) is 3.26. The molecule has 0 aliphatic heterocycles. The fraction of sp³-hybridized carbons (Fsp3) is 0.562. The van der Waals surface area contributed by atoms with Crippen LogP contribution < -0.4 is 9.47 Å². The highest BCUT2D eigenvalue weighted by atomic mass is 16.5. The highest BCUT2D eigenvalue weighted by molar-refractivity contribution is 5.98. The maximum absolute atomic E-state index is 13.5. The molecule has 0 N–H and O–H groups in total. The fourth-order valence-electron chi connectivity index (χ4n) is 4.96. The minimum atomic E-state index is -0.0678. The van der Waals surface area contributed by atoms with E-state index < -0.39 is 0 Å². The lowest BCUT2D eigenvalue weighted by Crippen LogP contribution is -2.34. The van der Waals surface area contributed by atoms with E-state index in [1.807, 2.05) is 48.5 Å². The van der Waals surface area contributed by atoms with Crippen LogP contribution in [0.2, 0.25) is 0 Å². The van der Waals surface area contributed by atoms with Gasteiger partial charge in [0, 0.05) is 36.1 Å². The molecule has 0 aromatic heterocycles. The van der Waals surface area contributed by atoms with Gasteiger partial charge in [0.05, 0.1) is 14.2 Å². The first-order valence-corrected chi connectivity index (χ1v) is 14.2. The zero-order valence-electron chi connectivity index (χ0n) is 24.4. The zero-order valence-corrected chi connectivity index (χ0v) is 24.4. The molecule has 2 aromatic carbocycles. The molecule has 0 aliphatic carbocycles. The van der Waals surface area contributed by atoms with Crippen molar-refractivity contribution in [3.63, 3.8) is 0 Å². The number of unbranched alkanes of at least 4 members (excludes halogenated alkanes) is 1. The lowest BCUT2D eigenvalue weighted by Gasteiger charge is -2.26. The predicted octanol–water partition coefficient (Wildman–Crippen LogP) is 6.25. The Morgan fingerprint density at radius 2 is 0.921 bits per heavy atom. The molecule has 0 saturated carbocycles. The van der Waals surface area contributed by atoms with E-state index in [1.54, 1.807) is 14.2 Å². The summed E-state index contributed by atoms with van der Waals surface area (Å²) in [6.45, 7) is 13.8. The van der Waals surface area contributed by atoms with E-state index in [0.29, 0.717) is 0 Å². The van der Waals surface area contributed by atoms with Crippen LogP contribution in [0.1, 0.15) is 74.1 Å². The average molecular weight is 525 g/mol. The molecule has 0 unspecified atom stereocenters. The molecule has 38 heavy (non-hydrogen) atoms. The Bertz CT molecular complexity index is 871. The summed E-state index contributed by atoms with van der Waals surface area (Å²) < 4.78 is 10.5. The monoisotopic (exact) mass is 524 g/mol. The van der Waals surface area contributed by atoms with Crippen LogP contribution in [0.5, 0.6) is 11.5 Å². The van der Waals surface area contributed by atoms with E-state index in [4.69, 9.17) is 9.47 Å². The van der Waals surface area contributed by atoms with E-state index in [9.17, 15) is 9.59 Å². The fourth-order valence-corrected chi connectivity index (χ4v) is 4.96. The first-order valence-electron chi connectivity index (χ1n) is 14.2. The van der Waals surface area contributed by atoms with Gasteiger partial charge >= 0.3 is 0 Å². The van der Waals surface area contributed by atoms with E-state index >= 15 is 0 Å². The summed E-state index contributed by atoms with van der Waals surface area (Å²) in [5, 5.41) is 0. The number of rotatable bonds is 19. The molecule has 0 fully saturated rings. The smallest absolute Gasteiger partial charge is 0.167 e. The molecular formula is C32H48N2O4. The molecule has 0 spiro atoms. The van der Waals surface area contributed by atoms with Crippen LogP contribution in [0.25, 0.3) is 0 Å². The molecule has 0 amide bonds. The van der Waals surface area contributed by atoms with Crippen LogP contribution in [0.15, 0.2) is 48.5 Å². The normalized spacial score (nSPS) is 12.9. The van der Waals surface area contributed by atoms with Gasteiger partial charge in [-0.15, -0.1) is 0 Å². The topological polar surface area (TPSA) is 59.1 Å². The largest absolute Gasteiger partial charge is 0.497 e. The summed E-state index contributed by atoms with van der Waals surface area (Å²) >= 11 is 0. The molecule has 0 bridgehead atoms. The van der Waals surface area contributed by atoms with Gasteiger partial charge in [-0.2, -0.15) is 0 Å². The first kappa shape index (κ1) is 31.5. The molecule has 2 atom stereocenters. The number of hydrogen-bond acceptors (Lipinski definition) is 6. The van der Waals surface area contributed by atoms with Crippen molar-refractivity contribution in [2.24, 2.45) is 11.8 Å². The summed E-state index contributed by atoms with van der Waals surface area (Å²) in [6, 6.07) is 14.9. The lowest BCUT2D eigenvalue weighted by atomic mass is 9.88. The number of Topliss-reactive ketones (excluding diaryl/α,β-unsaturated/α-hetero) is 2. The number of ether oxygens (including phenoxy) is 2. The Kier molecular flexibility index (Phi) is 14.1. The molecule has 0 radical (unpaired) electrons. The molecular weight excluding hydrogens is 476 g/mol. The number of benzene rings is 2. The first-order chi connectivity index (χ1) is 18.4. The lowest BCUT2D eigenvalue weighted by molar-refractivity contribution is 0.0852. The standard InChI is InChI=1S/C32H48N2O4/c1-7-33(8-2)23-27(31(35)25-15-19-29(37-5)20-16-25)13-11-12-14-28(24-34(9-3)10-4)32(36)26-17-21-30(38-6)22-18-26/h15-22,27-28H,7-14,23-24H2,1-6H3/t27-,28+. The Morgan fingerprint density at radius 3 is 1.18 bits per heavy atom. The van der Waals surface area contributed by atoms with Gasteiger partial charge in [-0.3, -0.25) is 9.59 Å². The Balaban J connectivity index is 2.09. The van der Waals surface area contributed by atoms with Crippen molar-refractivity contribution in [3.8, 4) is 11.5 Å². The number of hydrogen-bond donors (Lipinski definition) is 0. The second kappa shape index (κ2) is 17.0. The van der Waals surface area contributed by atoms with Crippen molar-refractivity contribution in [1.29, 1.82) is 0 Å². The van der Waals surface area contributed by atoms with Gasteiger partial charge in [-0.05, 0) is 87.6 Å². The maximum Gasteiger partial charge on any atom is 0.167 e. The number of nitrogens with zero attached hydrogens (tertiary/aromatic N) is 2. The van der Waals surface area contributed by atoms with Crippen LogP contribution in [-0.2, 0) is 0 Å². The second-order valence-electron chi connectivity index (χ2n) is 9.84. The third kappa shape index (κ3) is 9.55. The molecule has 210 valence electrons. The van der Waals surface area contributed by atoms with Crippen LogP contribution in [0, 0.1) is 11.8 Å². The average Bonchev–Trinajstić information content (AvgIpc) is 2.97. The van der Waals surface area contributed by atoms with Gasteiger partial charge in [-0.1, -0.05) is 40.5 Å². The van der Waals surface area contributed by atoms with Gasteiger partial charge in [0.1, 0.15) is 11.5 Å². The van der Waals surface area contributed by atoms with Crippen molar-refractivity contribution in [1.82, 2.24) is 9.80 Å². The molecule has 6 heteroatoms. The SMILES string of the molecule is CCN(CC)C[C@@H](CCCC[C@@H](CN(CC)CC)C(=O)c1ccc(OC)cc1)C(=O)c1ccc(OC)cc1. The molecule has 0 heterocycles. The quantitative estimate of drug-likeness (QED) is 0.160. The van der Waals surface area contributed by atoms with Gasteiger partial charge < -0.3 is 19.3 Å². The Hall–Kier alpha value is -2.70. The van der Waals surface area contributed by atoms with E-state index in [-0.39, 0.29) is 23.4 Å². The van der Waals surface area contributed by atoms with Crippen LogP contribution in [0.4, 0.5) is 0 Å². The molecule has 0 aliphatic rings. The number of carbonyl (C=O) groups is 2.